The number of methoxy groups -OCH3 is 2. The molecule has 0 amide bonds. The maximum Gasteiger partial charge on any atom is 0.319 e. The SMILES string of the molecule is COC(=O)CNCc1ccc(OC)c2ccccc12. The molecular formula is C15H17NO3. The first-order valence-corrected chi connectivity index (χ1v) is 6.08. The van der Waals surface area contributed by atoms with E-state index in [1.54, 1.807) is 7.11 Å². The molecule has 0 unspecified atom stereocenters. The summed E-state index contributed by atoms with van der Waals surface area (Å²) in [5, 5.41) is 5.26. The van der Waals surface area contributed by atoms with Crippen molar-refractivity contribution in [2.75, 3.05) is 20.8 Å². The normalized spacial score (nSPS) is 10.4. The number of benzene rings is 2. The molecule has 0 fully saturated rings. The molecule has 4 nitrogen and oxygen atoms in total. The van der Waals surface area contributed by atoms with Crippen LogP contribution in [-0.2, 0) is 16.1 Å². The van der Waals surface area contributed by atoms with Crippen molar-refractivity contribution in [3.63, 3.8) is 0 Å². The van der Waals surface area contributed by atoms with Crippen molar-refractivity contribution in [1.82, 2.24) is 5.32 Å². The van der Waals surface area contributed by atoms with Gasteiger partial charge < -0.3 is 14.8 Å². The molecule has 0 bridgehead atoms. The van der Waals surface area contributed by atoms with Crippen molar-refractivity contribution in [3.8, 4) is 5.75 Å². The van der Waals surface area contributed by atoms with Crippen molar-refractivity contribution in [2.45, 2.75) is 6.54 Å². The van der Waals surface area contributed by atoms with E-state index in [9.17, 15) is 4.79 Å². The molecule has 0 atom stereocenters. The first kappa shape index (κ1) is 13.4. The van der Waals surface area contributed by atoms with Crippen LogP contribution in [0.5, 0.6) is 5.75 Å². The van der Waals surface area contributed by atoms with E-state index in [0.717, 1.165) is 22.1 Å². The number of esters is 1. The summed E-state index contributed by atoms with van der Waals surface area (Å²) in [5.41, 5.74) is 1.13. The third-order valence-electron chi connectivity index (χ3n) is 3.01. The van der Waals surface area contributed by atoms with Gasteiger partial charge in [-0.05, 0) is 17.0 Å². The molecule has 4 heteroatoms. The van der Waals surface area contributed by atoms with Crippen molar-refractivity contribution in [1.29, 1.82) is 0 Å². The quantitative estimate of drug-likeness (QED) is 0.835. The highest BCUT2D eigenvalue weighted by Crippen LogP contribution is 2.28. The minimum atomic E-state index is -0.266. The molecule has 2 rings (SSSR count). The van der Waals surface area contributed by atoms with Gasteiger partial charge in [0.05, 0.1) is 20.8 Å². The largest absolute Gasteiger partial charge is 0.496 e. The van der Waals surface area contributed by atoms with Crippen molar-refractivity contribution < 1.29 is 14.3 Å². The first-order chi connectivity index (χ1) is 9.26. The molecule has 0 saturated heterocycles. The maximum atomic E-state index is 11.1. The van der Waals surface area contributed by atoms with Gasteiger partial charge in [-0.1, -0.05) is 30.3 Å². The average molecular weight is 259 g/mol. The van der Waals surface area contributed by atoms with E-state index in [-0.39, 0.29) is 12.5 Å². The maximum absolute atomic E-state index is 11.1. The Morgan fingerprint density at radius 1 is 1.11 bits per heavy atom. The summed E-state index contributed by atoms with van der Waals surface area (Å²) in [7, 11) is 3.05. The highest BCUT2D eigenvalue weighted by molar-refractivity contribution is 5.91. The fraction of sp³-hybridized carbons (Fsp3) is 0.267. The van der Waals surface area contributed by atoms with Crippen LogP contribution in [0, 0.1) is 0 Å². The monoisotopic (exact) mass is 259 g/mol. The molecule has 19 heavy (non-hydrogen) atoms. The van der Waals surface area contributed by atoms with Crippen molar-refractivity contribution in [3.05, 3.63) is 42.0 Å². The fourth-order valence-electron chi connectivity index (χ4n) is 2.04. The van der Waals surface area contributed by atoms with Crippen molar-refractivity contribution >= 4 is 16.7 Å². The molecule has 0 aliphatic heterocycles. The van der Waals surface area contributed by atoms with Crippen LogP contribution in [0.25, 0.3) is 10.8 Å². The van der Waals surface area contributed by atoms with Gasteiger partial charge in [0.15, 0.2) is 0 Å². The Balaban J connectivity index is 2.22. The predicted octanol–water partition coefficient (Wildman–Crippen LogP) is 2.11. The highest BCUT2D eigenvalue weighted by Gasteiger charge is 2.06. The van der Waals surface area contributed by atoms with E-state index < -0.39 is 0 Å². The van der Waals surface area contributed by atoms with Gasteiger partial charge >= 0.3 is 5.97 Å². The van der Waals surface area contributed by atoms with Gasteiger partial charge in [-0.3, -0.25) is 4.79 Å². The summed E-state index contributed by atoms with van der Waals surface area (Å²) < 4.78 is 9.94. The zero-order valence-electron chi connectivity index (χ0n) is 11.1. The van der Waals surface area contributed by atoms with Gasteiger partial charge in [0, 0.05) is 11.9 Å². The molecule has 2 aromatic carbocycles. The van der Waals surface area contributed by atoms with Gasteiger partial charge in [-0.25, -0.2) is 0 Å². The lowest BCUT2D eigenvalue weighted by Gasteiger charge is -2.11. The number of rotatable bonds is 5. The van der Waals surface area contributed by atoms with Crippen LogP contribution >= 0.6 is 0 Å². The third kappa shape index (κ3) is 3.03. The van der Waals surface area contributed by atoms with Crippen LogP contribution < -0.4 is 10.1 Å². The summed E-state index contributed by atoms with van der Waals surface area (Å²) in [4.78, 5) is 11.1. The number of nitrogens with one attached hydrogen (secondary N) is 1. The van der Waals surface area contributed by atoms with E-state index in [1.807, 2.05) is 36.4 Å². The van der Waals surface area contributed by atoms with Crippen LogP contribution in [0.3, 0.4) is 0 Å². The van der Waals surface area contributed by atoms with Gasteiger partial charge in [-0.15, -0.1) is 0 Å². The van der Waals surface area contributed by atoms with E-state index in [1.165, 1.54) is 7.11 Å². The van der Waals surface area contributed by atoms with Crippen molar-refractivity contribution in [2.24, 2.45) is 0 Å². The minimum absolute atomic E-state index is 0.205. The molecule has 0 aliphatic rings. The predicted molar refractivity (Wildman–Crippen MR) is 74.2 cm³/mol. The zero-order valence-corrected chi connectivity index (χ0v) is 11.1. The molecule has 0 radical (unpaired) electrons. The van der Waals surface area contributed by atoms with Gasteiger partial charge in [0.1, 0.15) is 5.75 Å². The van der Waals surface area contributed by atoms with Crippen LogP contribution in [-0.4, -0.2) is 26.7 Å². The summed E-state index contributed by atoms with van der Waals surface area (Å²) in [6.45, 7) is 0.816. The Morgan fingerprint density at radius 3 is 2.53 bits per heavy atom. The van der Waals surface area contributed by atoms with Gasteiger partial charge in [0.2, 0.25) is 0 Å². The lowest BCUT2D eigenvalue weighted by molar-refractivity contribution is -0.139. The Bertz CT molecular complexity index is 581. The van der Waals surface area contributed by atoms with Crippen LogP contribution in [0.2, 0.25) is 0 Å². The number of carbonyl (C=O) groups is 1. The van der Waals surface area contributed by atoms with E-state index in [2.05, 4.69) is 10.1 Å². The Labute approximate surface area is 112 Å². The molecule has 0 aliphatic carbocycles. The molecular weight excluding hydrogens is 242 g/mol. The molecule has 0 saturated carbocycles. The molecule has 1 N–H and O–H groups in total. The second kappa shape index (κ2) is 6.20. The molecule has 0 aromatic heterocycles. The fourth-order valence-corrected chi connectivity index (χ4v) is 2.04. The average Bonchev–Trinajstić information content (AvgIpc) is 2.47. The molecule has 100 valence electrons. The first-order valence-electron chi connectivity index (χ1n) is 6.08. The number of hydrogen-bond donors (Lipinski definition) is 1. The Hall–Kier alpha value is -2.07. The van der Waals surface area contributed by atoms with Crippen LogP contribution in [0.4, 0.5) is 0 Å². The Morgan fingerprint density at radius 2 is 1.84 bits per heavy atom. The second-order valence-corrected chi connectivity index (χ2v) is 4.15. The number of ether oxygens (including phenoxy) is 2. The lowest BCUT2D eigenvalue weighted by atomic mass is 10.0. The van der Waals surface area contributed by atoms with E-state index in [0.29, 0.717) is 6.54 Å². The van der Waals surface area contributed by atoms with Gasteiger partial charge in [-0.2, -0.15) is 0 Å². The smallest absolute Gasteiger partial charge is 0.319 e. The van der Waals surface area contributed by atoms with Crippen LogP contribution in [0.1, 0.15) is 5.56 Å². The van der Waals surface area contributed by atoms with E-state index in [4.69, 9.17) is 4.74 Å². The Kier molecular flexibility index (Phi) is 4.36. The standard InChI is InChI=1S/C15H17NO3/c1-18-14-8-7-11(9-16-10-15(17)19-2)12-5-3-4-6-13(12)14/h3-8,16H,9-10H2,1-2H3. The third-order valence-corrected chi connectivity index (χ3v) is 3.01. The molecule has 0 spiro atoms. The summed E-state index contributed by atoms with van der Waals surface area (Å²) >= 11 is 0. The number of carbonyl (C=O) groups excluding carboxylic acids is 1. The topological polar surface area (TPSA) is 47.6 Å². The molecule has 0 heterocycles. The second-order valence-electron chi connectivity index (χ2n) is 4.15. The highest BCUT2D eigenvalue weighted by atomic mass is 16.5. The number of hydrogen-bond acceptors (Lipinski definition) is 4. The lowest BCUT2D eigenvalue weighted by Crippen LogP contribution is -2.23. The zero-order chi connectivity index (χ0) is 13.7. The van der Waals surface area contributed by atoms with Crippen LogP contribution in [0.15, 0.2) is 36.4 Å². The molecule has 2 aromatic rings. The van der Waals surface area contributed by atoms with Gasteiger partial charge in [0.25, 0.3) is 0 Å². The summed E-state index contributed by atoms with van der Waals surface area (Å²) in [6.07, 6.45) is 0. The number of fused-ring (bicyclic) bond motifs is 1. The summed E-state index contributed by atoms with van der Waals surface area (Å²) in [6, 6.07) is 12.0. The van der Waals surface area contributed by atoms with E-state index >= 15 is 0 Å². The summed E-state index contributed by atoms with van der Waals surface area (Å²) in [5.74, 6) is 0.588. The minimum Gasteiger partial charge on any atom is -0.496 e.